The predicted molar refractivity (Wildman–Crippen MR) is 67.4 cm³/mol. The van der Waals surface area contributed by atoms with E-state index >= 15 is 0 Å². The first kappa shape index (κ1) is 11.6. The van der Waals surface area contributed by atoms with Crippen molar-refractivity contribution in [2.45, 2.75) is 45.6 Å². The Morgan fingerprint density at radius 3 is 2.75 bits per heavy atom. The van der Waals surface area contributed by atoms with Crippen LogP contribution in [0.2, 0.25) is 0 Å². The van der Waals surface area contributed by atoms with Gasteiger partial charge in [-0.05, 0) is 55.3 Å². The summed E-state index contributed by atoms with van der Waals surface area (Å²) >= 11 is 0. The first-order valence-electron chi connectivity index (χ1n) is 6.28. The molecule has 1 N–H and O–H groups in total. The minimum Gasteiger partial charge on any atom is -0.314 e. The number of hydrogen-bond acceptors (Lipinski definition) is 2. The van der Waals surface area contributed by atoms with Crippen molar-refractivity contribution in [1.29, 1.82) is 0 Å². The second kappa shape index (κ2) is 4.96. The Labute approximate surface area is 98.5 Å². The molecule has 2 heteroatoms. The summed E-state index contributed by atoms with van der Waals surface area (Å²) in [6.07, 6.45) is 8.87. The summed E-state index contributed by atoms with van der Waals surface area (Å²) in [5, 5.41) is 3.67. The standard InChI is InChI=1S/C14H22N2/c1-14(2)7-3-13(11-14)16-10-6-12-4-8-15-9-5-12/h4-5,8-9,13,16H,3,6-7,10-11H2,1-2H3. The van der Waals surface area contributed by atoms with Gasteiger partial charge < -0.3 is 5.32 Å². The molecule has 2 nitrogen and oxygen atoms in total. The lowest BCUT2D eigenvalue weighted by atomic mass is 9.92. The topological polar surface area (TPSA) is 24.9 Å². The summed E-state index contributed by atoms with van der Waals surface area (Å²) in [5.41, 5.74) is 1.92. The van der Waals surface area contributed by atoms with Crippen LogP contribution in [-0.4, -0.2) is 17.6 Å². The van der Waals surface area contributed by atoms with Crippen molar-refractivity contribution in [3.8, 4) is 0 Å². The highest BCUT2D eigenvalue weighted by Crippen LogP contribution is 2.36. The fraction of sp³-hybridized carbons (Fsp3) is 0.643. The first-order chi connectivity index (χ1) is 7.66. The zero-order valence-electron chi connectivity index (χ0n) is 10.4. The fourth-order valence-electron chi connectivity index (χ4n) is 2.58. The third-order valence-electron chi connectivity index (χ3n) is 3.56. The molecule has 0 bridgehead atoms. The number of nitrogens with zero attached hydrogens (tertiary/aromatic N) is 1. The number of nitrogens with one attached hydrogen (secondary N) is 1. The quantitative estimate of drug-likeness (QED) is 0.840. The molecule has 0 radical (unpaired) electrons. The molecule has 0 amide bonds. The van der Waals surface area contributed by atoms with Crippen molar-refractivity contribution in [3.63, 3.8) is 0 Å². The number of pyridine rings is 1. The highest BCUT2D eigenvalue weighted by Gasteiger charge is 2.30. The second-order valence-electron chi connectivity index (χ2n) is 5.66. The largest absolute Gasteiger partial charge is 0.314 e. The lowest BCUT2D eigenvalue weighted by Crippen LogP contribution is -2.29. The van der Waals surface area contributed by atoms with Crippen LogP contribution in [0.3, 0.4) is 0 Å². The molecule has 1 saturated carbocycles. The van der Waals surface area contributed by atoms with Gasteiger partial charge in [-0.1, -0.05) is 13.8 Å². The van der Waals surface area contributed by atoms with Crippen molar-refractivity contribution in [2.24, 2.45) is 5.41 Å². The zero-order chi connectivity index (χ0) is 11.4. The van der Waals surface area contributed by atoms with Crippen molar-refractivity contribution >= 4 is 0 Å². The van der Waals surface area contributed by atoms with E-state index in [1.165, 1.54) is 24.8 Å². The van der Waals surface area contributed by atoms with E-state index in [1.54, 1.807) is 0 Å². The smallest absolute Gasteiger partial charge is 0.0270 e. The normalized spacial score (nSPS) is 23.5. The average molecular weight is 218 g/mol. The van der Waals surface area contributed by atoms with Gasteiger partial charge in [0, 0.05) is 18.4 Å². The van der Waals surface area contributed by atoms with Gasteiger partial charge in [-0.3, -0.25) is 4.98 Å². The SMILES string of the molecule is CC1(C)CCC(NCCc2ccncc2)C1. The predicted octanol–water partition coefficient (Wildman–Crippen LogP) is 2.79. The Balaban J connectivity index is 1.70. The van der Waals surface area contributed by atoms with Crippen LogP contribution in [0, 0.1) is 5.41 Å². The lowest BCUT2D eigenvalue weighted by molar-refractivity contribution is 0.365. The van der Waals surface area contributed by atoms with E-state index in [0.29, 0.717) is 5.41 Å². The molecule has 0 aromatic carbocycles. The second-order valence-corrected chi connectivity index (χ2v) is 5.66. The maximum Gasteiger partial charge on any atom is 0.0270 e. The molecule has 0 aliphatic heterocycles. The number of hydrogen-bond donors (Lipinski definition) is 1. The van der Waals surface area contributed by atoms with Gasteiger partial charge in [0.25, 0.3) is 0 Å². The third kappa shape index (κ3) is 3.31. The van der Waals surface area contributed by atoms with E-state index in [2.05, 4.69) is 36.3 Å². The molecule has 1 aromatic rings. The van der Waals surface area contributed by atoms with Gasteiger partial charge in [-0.15, -0.1) is 0 Å². The van der Waals surface area contributed by atoms with Crippen molar-refractivity contribution < 1.29 is 0 Å². The first-order valence-corrected chi connectivity index (χ1v) is 6.28. The molecule has 1 unspecified atom stereocenters. The summed E-state index contributed by atoms with van der Waals surface area (Å²) in [6.45, 7) is 5.83. The minimum atomic E-state index is 0.550. The van der Waals surface area contributed by atoms with Crippen LogP contribution in [0.15, 0.2) is 24.5 Å². The Morgan fingerprint density at radius 2 is 2.12 bits per heavy atom. The maximum absolute atomic E-state index is 4.03. The van der Waals surface area contributed by atoms with Gasteiger partial charge in [-0.2, -0.15) is 0 Å². The summed E-state index contributed by atoms with van der Waals surface area (Å²) in [6, 6.07) is 4.93. The van der Waals surface area contributed by atoms with Crippen molar-refractivity contribution in [2.75, 3.05) is 6.54 Å². The van der Waals surface area contributed by atoms with Crippen LogP contribution in [0.5, 0.6) is 0 Å². The maximum atomic E-state index is 4.03. The molecule has 1 aliphatic carbocycles. The number of rotatable bonds is 4. The van der Waals surface area contributed by atoms with Gasteiger partial charge in [0.2, 0.25) is 0 Å². The monoisotopic (exact) mass is 218 g/mol. The summed E-state index contributed by atoms with van der Waals surface area (Å²) in [7, 11) is 0. The van der Waals surface area contributed by atoms with Gasteiger partial charge in [0.05, 0.1) is 0 Å². The lowest BCUT2D eigenvalue weighted by Gasteiger charge is -2.17. The highest BCUT2D eigenvalue weighted by atomic mass is 14.9. The molecule has 2 rings (SSSR count). The molecule has 1 aromatic heterocycles. The molecule has 1 fully saturated rings. The molecule has 0 spiro atoms. The molecule has 1 aliphatic rings. The summed E-state index contributed by atoms with van der Waals surface area (Å²) < 4.78 is 0. The summed E-state index contributed by atoms with van der Waals surface area (Å²) in [4.78, 5) is 4.03. The summed E-state index contributed by atoms with van der Waals surface area (Å²) in [5.74, 6) is 0. The molecule has 16 heavy (non-hydrogen) atoms. The molecular formula is C14H22N2. The van der Waals surface area contributed by atoms with Gasteiger partial charge >= 0.3 is 0 Å². The Kier molecular flexibility index (Phi) is 3.59. The van der Waals surface area contributed by atoms with Crippen LogP contribution in [0.1, 0.15) is 38.7 Å². The van der Waals surface area contributed by atoms with Crippen LogP contribution < -0.4 is 5.32 Å². The Bertz CT molecular complexity index is 319. The van der Waals surface area contributed by atoms with E-state index < -0.39 is 0 Å². The molecule has 1 atom stereocenters. The zero-order valence-corrected chi connectivity index (χ0v) is 10.4. The van der Waals surface area contributed by atoms with Crippen molar-refractivity contribution in [3.05, 3.63) is 30.1 Å². The Morgan fingerprint density at radius 1 is 1.38 bits per heavy atom. The molecular weight excluding hydrogens is 196 g/mol. The van der Waals surface area contributed by atoms with E-state index in [0.717, 1.165) is 19.0 Å². The van der Waals surface area contributed by atoms with E-state index in [4.69, 9.17) is 0 Å². The van der Waals surface area contributed by atoms with Gasteiger partial charge in [-0.25, -0.2) is 0 Å². The fourth-order valence-corrected chi connectivity index (χ4v) is 2.58. The Hall–Kier alpha value is -0.890. The van der Waals surface area contributed by atoms with Gasteiger partial charge in [0.1, 0.15) is 0 Å². The van der Waals surface area contributed by atoms with E-state index in [-0.39, 0.29) is 0 Å². The highest BCUT2D eigenvalue weighted by molar-refractivity contribution is 5.09. The van der Waals surface area contributed by atoms with E-state index in [1.807, 2.05) is 12.4 Å². The van der Waals surface area contributed by atoms with Crippen LogP contribution in [-0.2, 0) is 6.42 Å². The molecule has 1 heterocycles. The van der Waals surface area contributed by atoms with Crippen molar-refractivity contribution in [1.82, 2.24) is 10.3 Å². The average Bonchev–Trinajstić information content (AvgIpc) is 2.60. The number of aromatic nitrogens is 1. The minimum absolute atomic E-state index is 0.550. The molecule has 0 saturated heterocycles. The van der Waals surface area contributed by atoms with Gasteiger partial charge in [0.15, 0.2) is 0 Å². The van der Waals surface area contributed by atoms with Crippen LogP contribution >= 0.6 is 0 Å². The van der Waals surface area contributed by atoms with E-state index in [9.17, 15) is 0 Å². The van der Waals surface area contributed by atoms with Crippen LogP contribution in [0.25, 0.3) is 0 Å². The van der Waals surface area contributed by atoms with Crippen LogP contribution in [0.4, 0.5) is 0 Å². The third-order valence-corrected chi connectivity index (χ3v) is 3.56. The molecule has 88 valence electrons.